The third-order valence-corrected chi connectivity index (χ3v) is 3.72. The first-order chi connectivity index (χ1) is 10.0. The first-order valence-corrected chi connectivity index (χ1v) is 6.76. The molecule has 4 heteroatoms. The summed E-state index contributed by atoms with van der Waals surface area (Å²) in [5.41, 5.74) is 9.86. The Morgan fingerprint density at radius 1 is 1.29 bits per heavy atom. The smallest absolute Gasteiger partial charge is 0.251 e. The second kappa shape index (κ2) is 5.87. The minimum atomic E-state index is -0.413. The molecule has 0 aliphatic rings. The Balaban J connectivity index is 2.68. The van der Waals surface area contributed by atoms with Crippen LogP contribution in [0.25, 0.3) is 11.1 Å². The summed E-state index contributed by atoms with van der Waals surface area (Å²) in [6, 6.07) is 7.62. The van der Waals surface area contributed by atoms with Gasteiger partial charge < -0.3 is 15.0 Å². The maximum atomic E-state index is 11.9. The minimum absolute atomic E-state index is 0.413. The number of nitrogens with two attached hydrogens (primary N) is 1. The predicted octanol–water partition coefficient (Wildman–Crippen LogP) is 3.07. The minimum Gasteiger partial charge on any atom is -0.497 e. The lowest BCUT2D eigenvalue weighted by Crippen LogP contribution is -2.13. The molecule has 1 aromatic heterocycles. The molecule has 110 valence electrons. The third-order valence-electron chi connectivity index (χ3n) is 3.72. The Labute approximate surface area is 124 Å². The number of aromatic nitrogens is 1. The topological polar surface area (TPSA) is 57.2 Å². The molecule has 1 aromatic carbocycles. The highest BCUT2D eigenvalue weighted by Crippen LogP contribution is 2.33. The fraction of sp³-hybridized carbons (Fsp3) is 0.235. The summed E-state index contributed by atoms with van der Waals surface area (Å²) >= 11 is 0. The molecule has 2 aromatic rings. The number of amides is 1. The second-order valence-electron chi connectivity index (χ2n) is 4.91. The molecule has 0 radical (unpaired) electrons. The van der Waals surface area contributed by atoms with Gasteiger partial charge in [-0.1, -0.05) is 18.2 Å². The van der Waals surface area contributed by atoms with Crippen LogP contribution in [0, 0.1) is 13.8 Å². The fourth-order valence-electron chi connectivity index (χ4n) is 2.70. The van der Waals surface area contributed by atoms with Gasteiger partial charge in [0.25, 0.3) is 5.91 Å². The molecule has 2 N–H and O–H groups in total. The standard InChI is InChI=1S/C17H20N2O2/c1-5-10-19-11(2)15(16(12(19)3)17(18)20)13-6-8-14(21-4)9-7-13/h5-9H,1,10H2,2-4H3,(H2,18,20). The fourth-order valence-corrected chi connectivity index (χ4v) is 2.70. The Bertz CT molecular complexity index is 682. The van der Waals surface area contributed by atoms with Gasteiger partial charge in [-0.25, -0.2) is 0 Å². The van der Waals surface area contributed by atoms with Gasteiger partial charge >= 0.3 is 0 Å². The van der Waals surface area contributed by atoms with Crippen LogP contribution in [0.3, 0.4) is 0 Å². The number of allylic oxidation sites excluding steroid dienone is 1. The zero-order valence-corrected chi connectivity index (χ0v) is 12.6. The molecule has 0 atom stereocenters. The summed E-state index contributed by atoms with van der Waals surface area (Å²) in [5, 5.41) is 0. The van der Waals surface area contributed by atoms with Crippen LogP contribution in [0.2, 0.25) is 0 Å². The van der Waals surface area contributed by atoms with Crippen molar-refractivity contribution in [2.75, 3.05) is 7.11 Å². The van der Waals surface area contributed by atoms with E-state index >= 15 is 0 Å². The van der Waals surface area contributed by atoms with Gasteiger partial charge in [-0.2, -0.15) is 0 Å². The van der Waals surface area contributed by atoms with Crippen LogP contribution in [0.4, 0.5) is 0 Å². The van der Waals surface area contributed by atoms with Gasteiger partial charge in [0.05, 0.1) is 12.7 Å². The number of hydrogen-bond donors (Lipinski definition) is 1. The molecule has 0 aliphatic carbocycles. The number of rotatable bonds is 5. The summed E-state index contributed by atoms with van der Waals surface area (Å²) in [5.74, 6) is 0.364. The number of carbonyl (C=O) groups excluding carboxylic acids is 1. The van der Waals surface area contributed by atoms with Crippen molar-refractivity contribution in [2.45, 2.75) is 20.4 Å². The second-order valence-corrected chi connectivity index (χ2v) is 4.91. The Morgan fingerprint density at radius 3 is 2.38 bits per heavy atom. The zero-order valence-electron chi connectivity index (χ0n) is 12.6. The van der Waals surface area contributed by atoms with E-state index < -0.39 is 5.91 Å². The van der Waals surface area contributed by atoms with E-state index in [9.17, 15) is 4.79 Å². The molecular weight excluding hydrogens is 264 g/mol. The molecule has 21 heavy (non-hydrogen) atoms. The quantitative estimate of drug-likeness (QED) is 0.858. The van der Waals surface area contributed by atoms with Gasteiger partial charge in [0.2, 0.25) is 0 Å². The molecule has 1 heterocycles. The summed E-state index contributed by atoms with van der Waals surface area (Å²) in [6.45, 7) is 8.31. The van der Waals surface area contributed by atoms with Gasteiger partial charge in [0.1, 0.15) is 5.75 Å². The Hall–Kier alpha value is -2.49. The van der Waals surface area contributed by atoms with Crippen LogP contribution < -0.4 is 10.5 Å². The van der Waals surface area contributed by atoms with Crippen molar-refractivity contribution in [3.63, 3.8) is 0 Å². The number of nitrogens with zero attached hydrogens (tertiary/aromatic N) is 1. The SMILES string of the molecule is C=CCn1c(C)c(C(N)=O)c(-c2ccc(OC)cc2)c1C. The van der Waals surface area contributed by atoms with Gasteiger partial charge in [-0.05, 0) is 31.5 Å². The molecule has 0 spiro atoms. The molecular formula is C17H20N2O2. The van der Waals surface area contributed by atoms with Crippen LogP contribution in [-0.4, -0.2) is 17.6 Å². The van der Waals surface area contributed by atoms with Crippen molar-refractivity contribution in [3.05, 3.63) is 53.9 Å². The Kier molecular flexibility index (Phi) is 4.17. The van der Waals surface area contributed by atoms with Crippen molar-refractivity contribution in [2.24, 2.45) is 5.73 Å². The molecule has 1 amide bonds. The van der Waals surface area contributed by atoms with Crippen molar-refractivity contribution in [1.29, 1.82) is 0 Å². The zero-order chi connectivity index (χ0) is 15.6. The number of methoxy groups -OCH3 is 1. The highest BCUT2D eigenvalue weighted by Gasteiger charge is 2.21. The molecule has 0 unspecified atom stereocenters. The number of ether oxygens (including phenoxy) is 1. The summed E-state index contributed by atoms with van der Waals surface area (Å²) < 4.78 is 7.22. The first kappa shape index (κ1) is 14.9. The largest absolute Gasteiger partial charge is 0.497 e. The maximum Gasteiger partial charge on any atom is 0.251 e. The van der Waals surface area contributed by atoms with Crippen LogP contribution in [0.5, 0.6) is 5.75 Å². The number of hydrogen-bond acceptors (Lipinski definition) is 2. The Morgan fingerprint density at radius 2 is 1.90 bits per heavy atom. The lowest BCUT2D eigenvalue weighted by atomic mass is 10.00. The highest BCUT2D eigenvalue weighted by molar-refractivity contribution is 6.02. The van der Waals surface area contributed by atoms with Gasteiger partial charge in [0, 0.05) is 23.5 Å². The van der Waals surface area contributed by atoms with E-state index in [0.29, 0.717) is 12.1 Å². The van der Waals surface area contributed by atoms with E-state index in [1.165, 1.54) is 0 Å². The third kappa shape index (κ3) is 2.57. The van der Waals surface area contributed by atoms with Crippen molar-refractivity contribution < 1.29 is 9.53 Å². The predicted molar refractivity (Wildman–Crippen MR) is 84.6 cm³/mol. The van der Waals surface area contributed by atoms with E-state index in [4.69, 9.17) is 10.5 Å². The van der Waals surface area contributed by atoms with Crippen molar-refractivity contribution >= 4 is 5.91 Å². The van der Waals surface area contributed by atoms with Crippen LogP contribution in [0.1, 0.15) is 21.7 Å². The average molecular weight is 284 g/mol. The molecule has 0 aliphatic heterocycles. The van der Waals surface area contributed by atoms with Crippen LogP contribution >= 0.6 is 0 Å². The summed E-state index contributed by atoms with van der Waals surface area (Å²) in [6.07, 6.45) is 1.81. The average Bonchev–Trinajstić information content (AvgIpc) is 2.72. The van der Waals surface area contributed by atoms with Crippen molar-refractivity contribution in [3.8, 4) is 16.9 Å². The van der Waals surface area contributed by atoms with E-state index in [2.05, 4.69) is 6.58 Å². The first-order valence-electron chi connectivity index (χ1n) is 6.76. The number of primary amides is 1. The van der Waals surface area contributed by atoms with E-state index in [1.807, 2.05) is 48.8 Å². The van der Waals surface area contributed by atoms with Gasteiger partial charge in [-0.3, -0.25) is 4.79 Å². The van der Waals surface area contributed by atoms with E-state index in [1.54, 1.807) is 7.11 Å². The normalized spacial score (nSPS) is 10.4. The van der Waals surface area contributed by atoms with Gasteiger partial charge in [-0.15, -0.1) is 6.58 Å². The lowest BCUT2D eigenvalue weighted by molar-refractivity contribution is 0.1000. The highest BCUT2D eigenvalue weighted by atomic mass is 16.5. The molecule has 2 rings (SSSR count). The van der Waals surface area contributed by atoms with Crippen LogP contribution in [0.15, 0.2) is 36.9 Å². The summed E-state index contributed by atoms with van der Waals surface area (Å²) in [7, 11) is 1.62. The maximum absolute atomic E-state index is 11.9. The number of benzene rings is 1. The monoisotopic (exact) mass is 284 g/mol. The van der Waals surface area contributed by atoms with Crippen molar-refractivity contribution in [1.82, 2.24) is 4.57 Å². The molecule has 0 fully saturated rings. The van der Waals surface area contributed by atoms with Gasteiger partial charge in [0.15, 0.2) is 0 Å². The molecule has 0 bridgehead atoms. The number of carbonyl (C=O) groups is 1. The molecule has 0 saturated carbocycles. The molecule has 0 saturated heterocycles. The van der Waals surface area contributed by atoms with E-state index in [0.717, 1.165) is 28.3 Å². The lowest BCUT2D eigenvalue weighted by Gasteiger charge is -2.07. The van der Waals surface area contributed by atoms with E-state index in [-0.39, 0.29) is 0 Å². The summed E-state index contributed by atoms with van der Waals surface area (Å²) in [4.78, 5) is 11.9. The van der Waals surface area contributed by atoms with Crippen LogP contribution in [-0.2, 0) is 6.54 Å². The molecule has 4 nitrogen and oxygen atoms in total.